The maximum Gasteiger partial charge on any atom is 0.190 e. The molecule has 0 bridgehead atoms. The summed E-state index contributed by atoms with van der Waals surface area (Å²) in [5.41, 5.74) is 0. The van der Waals surface area contributed by atoms with Crippen LogP contribution in [0.15, 0.2) is 33.6 Å². The SMILES string of the molecule is CC(C)[C@@H]1CC[C@@H](C)C[C@H]1OS(=O)c1ccccc1Br. The minimum atomic E-state index is -1.39. The Labute approximate surface area is 133 Å². The van der Waals surface area contributed by atoms with Crippen molar-refractivity contribution >= 4 is 27.0 Å². The molecule has 1 aliphatic rings. The van der Waals surface area contributed by atoms with Crippen LogP contribution >= 0.6 is 15.9 Å². The summed E-state index contributed by atoms with van der Waals surface area (Å²) in [5.74, 6) is 1.74. The molecule has 1 unspecified atom stereocenters. The summed E-state index contributed by atoms with van der Waals surface area (Å²) in [6, 6.07) is 7.58. The van der Waals surface area contributed by atoms with Crippen LogP contribution in [-0.4, -0.2) is 10.3 Å². The Bertz CT molecular complexity index is 475. The fourth-order valence-electron chi connectivity index (χ4n) is 2.97. The first-order valence-electron chi connectivity index (χ1n) is 7.32. The van der Waals surface area contributed by atoms with Crippen molar-refractivity contribution in [1.29, 1.82) is 0 Å². The van der Waals surface area contributed by atoms with Crippen LogP contribution in [0.25, 0.3) is 0 Å². The number of hydrogen-bond acceptors (Lipinski definition) is 2. The average Bonchev–Trinajstić information content (AvgIpc) is 2.38. The molecule has 112 valence electrons. The van der Waals surface area contributed by atoms with Gasteiger partial charge in [-0.1, -0.05) is 39.3 Å². The third-order valence-corrected chi connectivity index (χ3v) is 6.28. The van der Waals surface area contributed by atoms with Crippen LogP contribution in [0.1, 0.15) is 40.0 Å². The third kappa shape index (κ3) is 3.92. The van der Waals surface area contributed by atoms with E-state index in [9.17, 15) is 4.21 Å². The molecule has 0 spiro atoms. The van der Waals surface area contributed by atoms with E-state index in [0.717, 1.165) is 15.8 Å². The lowest BCUT2D eigenvalue weighted by molar-refractivity contribution is 0.0566. The molecule has 1 aromatic carbocycles. The van der Waals surface area contributed by atoms with Crippen molar-refractivity contribution in [2.24, 2.45) is 17.8 Å². The molecule has 2 rings (SSSR count). The van der Waals surface area contributed by atoms with E-state index in [1.807, 2.05) is 24.3 Å². The molecule has 4 heteroatoms. The van der Waals surface area contributed by atoms with Crippen molar-refractivity contribution in [2.75, 3.05) is 0 Å². The number of benzene rings is 1. The van der Waals surface area contributed by atoms with E-state index in [-0.39, 0.29) is 6.10 Å². The highest BCUT2D eigenvalue weighted by molar-refractivity contribution is 9.10. The maximum absolute atomic E-state index is 12.5. The highest BCUT2D eigenvalue weighted by Crippen LogP contribution is 2.36. The quantitative estimate of drug-likeness (QED) is 0.760. The summed E-state index contributed by atoms with van der Waals surface area (Å²) in [7, 11) is 0. The van der Waals surface area contributed by atoms with Gasteiger partial charge in [0, 0.05) is 4.47 Å². The van der Waals surface area contributed by atoms with E-state index in [0.29, 0.717) is 17.8 Å². The van der Waals surface area contributed by atoms with E-state index in [4.69, 9.17) is 4.18 Å². The Kier molecular flexibility index (Phi) is 5.82. The second-order valence-corrected chi connectivity index (χ2v) is 8.08. The van der Waals surface area contributed by atoms with Crippen molar-refractivity contribution in [3.63, 3.8) is 0 Å². The lowest BCUT2D eigenvalue weighted by Gasteiger charge is -2.36. The van der Waals surface area contributed by atoms with Gasteiger partial charge in [0.1, 0.15) is 0 Å². The molecular weight excluding hydrogens is 336 g/mol. The van der Waals surface area contributed by atoms with E-state index in [1.54, 1.807) is 0 Å². The molecule has 0 radical (unpaired) electrons. The van der Waals surface area contributed by atoms with Crippen molar-refractivity contribution < 1.29 is 8.39 Å². The summed E-state index contributed by atoms with van der Waals surface area (Å²) < 4.78 is 19.3. The van der Waals surface area contributed by atoms with Gasteiger partial charge in [0.05, 0.1) is 11.0 Å². The highest BCUT2D eigenvalue weighted by Gasteiger charge is 2.33. The van der Waals surface area contributed by atoms with Crippen molar-refractivity contribution in [1.82, 2.24) is 0 Å². The third-order valence-electron chi connectivity index (χ3n) is 4.19. The lowest BCUT2D eigenvalue weighted by Crippen LogP contribution is -2.34. The molecule has 1 saturated carbocycles. The van der Waals surface area contributed by atoms with E-state index in [2.05, 4.69) is 36.7 Å². The zero-order valence-corrected chi connectivity index (χ0v) is 14.7. The van der Waals surface area contributed by atoms with Gasteiger partial charge in [0.2, 0.25) is 0 Å². The Morgan fingerprint density at radius 3 is 2.65 bits per heavy atom. The summed E-state index contributed by atoms with van der Waals surface area (Å²) in [5, 5.41) is 0. The highest BCUT2D eigenvalue weighted by atomic mass is 79.9. The van der Waals surface area contributed by atoms with E-state index >= 15 is 0 Å². The van der Waals surface area contributed by atoms with Crippen LogP contribution in [0.5, 0.6) is 0 Å². The van der Waals surface area contributed by atoms with E-state index in [1.165, 1.54) is 12.8 Å². The van der Waals surface area contributed by atoms with Gasteiger partial charge in [0.25, 0.3) is 0 Å². The molecule has 0 heterocycles. The predicted octanol–water partition coefficient (Wildman–Crippen LogP) is 4.95. The monoisotopic (exact) mass is 358 g/mol. The van der Waals surface area contributed by atoms with Gasteiger partial charge >= 0.3 is 0 Å². The largest absolute Gasteiger partial charge is 0.283 e. The fourth-order valence-corrected chi connectivity index (χ4v) is 4.62. The molecule has 4 atom stereocenters. The molecule has 1 fully saturated rings. The van der Waals surface area contributed by atoms with E-state index < -0.39 is 11.1 Å². The minimum absolute atomic E-state index is 0.103. The molecule has 20 heavy (non-hydrogen) atoms. The molecule has 1 aliphatic carbocycles. The first kappa shape index (κ1) is 16.2. The Morgan fingerprint density at radius 2 is 2.00 bits per heavy atom. The second-order valence-electron chi connectivity index (χ2n) is 6.13. The van der Waals surface area contributed by atoms with Crippen molar-refractivity contribution in [2.45, 2.75) is 51.0 Å². The molecule has 0 saturated heterocycles. The van der Waals surface area contributed by atoms with Crippen LogP contribution < -0.4 is 0 Å². The normalized spacial score (nSPS) is 28.6. The predicted molar refractivity (Wildman–Crippen MR) is 86.8 cm³/mol. The summed E-state index contributed by atoms with van der Waals surface area (Å²) in [6.45, 7) is 6.73. The zero-order valence-electron chi connectivity index (χ0n) is 12.3. The maximum atomic E-state index is 12.5. The van der Waals surface area contributed by atoms with Gasteiger partial charge in [-0.25, -0.2) is 4.21 Å². The topological polar surface area (TPSA) is 26.3 Å². The summed E-state index contributed by atoms with van der Waals surface area (Å²) in [4.78, 5) is 0.730. The number of rotatable bonds is 4. The van der Waals surface area contributed by atoms with Crippen LogP contribution in [0, 0.1) is 17.8 Å². The summed E-state index contributed by atoms with van der Waals surface area (Å²) >= 11 is 2.05. The Balaban J connectivity index is 2.10. The van der Waals surface area contributed by atoms with Crippen LogP contribution in [-0.2, 0) is 15.3 Å². The first-order chi connectivity index (χ1) is 9.49. The molecule has 0 aliphatic heterocycles. The average molecular weight is 359 g/mol. The standard InChI is InChI=1S/C16H23BrO2S/c1-11(2)13-9-8-12(3)10-15(13)19-20(18)16-7-5-4-6-14(16)17/h4-7,11-13,15H,8-10H2,1-3H3/t12-,13+,15-,20?/m1/s1. The lowest BCUT2D eigenvalue weighted by atomic mass is 9.75. The zero-order chi connectivity index (χ0) is 14.7. The Hall–Kier alpha value is -0.190. The molecular formula is C16H23BrO2S. The van der Waals surface area contributed by atoms with Gasteiger partial charge in [-0.3, -0.25) is 4.18 Å². The van der Waals surface area contributed by atoms with Crippen LogP contribution in [0.3, 0.4) is 0 Å². The smallest absolute Gasteiger partial charge is 0.190 e. The summed E-state index contributed by atoms with van der Waals surface area (Å²) in [6.07, 6.45) is 3.55. The van der Waals surface area contributed by atoms with Crippen molar-refractivity contribution in [3.05, 3.63) is 28.7 Å². The number of hydrogen-bond donors (Lipinski definition) is 0. The van der Waals surface area contributed by atoms with Gasteiger partial charge < -0.3 is 0 Å². The second kappa shape index (κ2) is 7.19. The number of halogens is 1. The molecule has 0 amide bonds. The van der Waals surface area contributed by atoms with Gasteiger partial charge in [-0.05, 0) is 58.7 Å². The first-order valence-corrected chi connectivity index (χ1v) is 9.19. The van der Waals surface area contributed by atoms with Gasteiger partial charge in [-0.2, -0.15) is 0 Å². The van der Waals surface area contributed by atoms with Gasteiger partial charge in [0.15, 0.2) is 11.1 Å². The molecule has 0 aromatic heterocycles. The molecule has 2 nitrogen and oxygen atoms in total. The Morgan fingerprint density at radius 1 is 1.30 bits per heavy atom. The molecule has 1 aromatic rings. The molecule has 0 N–H and O–H groups in total. The fraction of sp³-hybridized carbons (Fsp3) is 0.625. The van der Waals surface area contributed by atoms with Crippen molar-refractivity contribution in [3.8, 4) is 0 Å². The van der Waals surface area contributed by atoms with Gasteiger partial charge in [-0.15, -0.1) is 0 Å². The minimum Gasteiger partial charge on any atom is -0.283 e. The van der Waals surface area contributed by atoms with Crippen LogP contribution in [0.4, 0.5) is 0 Å². The van der Waals surface area contributed by atoms with Crippen LogP contribution in [0.2, 0.25) is 0 Å².